The number of benzene rings is 3. The minimum atomic E-state index is -0.292. The average Bonchev–Trinajstić information content (AvgIpc) is 2.72. The van der Waals surface area contributed by atoms with Gasteiger partial charge in [0, 0.05) is 5.75 Å². The lowest BCUT2D eigenvalue weighted by Gasteiger charge is -2.11. The van der Waals surface area contributed by atoms with Crippen LogP contribution in [0, 0.1) is 11.2 Å². The standard InChI is InChI=1S/C22H20FN3OS/c23-19-12-6-4-10-17(19)15-28-22(25)26-21(24)18-11-5-7-13-20(18)27-14-16-8-2-1-3-9-16/h1-13H,14-15H2,(H3,24,25,26). The zero-order chi connectivity index (χ0) is 19.8. The van der Waals surface area contributed by atoms with Gasteiger partial charge in [0.05, 0.1) is 5.56 Å². The molecule has 0 amide bonds. The van der Waals surface area contributed by atoms with Gasteiger partial charge in [0.15, 0.2) is 5.17 Å². The number of thioether (sulfide) groups is 1. The minimum absolute atomic E-state index is 0.0126. The monoisotopic (exact) mass is 393 g/mol. The predicted molar refractivity (Wildman–Crippen MR) is 113 cm³/mol. The Kier molecular flexibility index (Phi) is 6.81. The van der Waals surface area contributed by atoms with Crippen molar-refractivity contribution in [2.75, 3.05) is 0 Å². The van der Waals surface area contributed by atoms with Crippen molar-refractivity contribution in [3.05, 3.63) is 101 Å². The van der Waals surface area contributed by atoms with Crippen LogP contribution in [0.1, 0.15) is 16.7 Å². The van der Waals surface area contributed by atoms with Crippen molar-refractivity contribution >= 4 is 22.8 Å². The molecule has 6 heteroatoms. The number of ether oxygens (including phenoxy) is 1. The molecule has 0 unspecified atom stereocenters. The lowest BCUT2D eigenvalue weighted by Crippen LogP contribution is -2.16. The second kappa shape index (κ2) is 9.71. The average molecular weight is 393 g/mol. The fourth-order valence-electron chi connectivity index (χ4n) is 2.50. The molecule has 0 radical (unpaired) electrons. The highest BCUT2D eigenvalue weighted by atomic mass is 32.2. The fraction of sp³-hybridized carbons (Fsp3) is 0.0909. The van der Waals surface area contributed by atoms with Gasteiger partial charge in [0.25, 0.3) is 0 Å². The maximum atomic E-state index is 13.7. The molecule has 0 aliphatic carbocycles. The third-order valence-corrected chi connectivity index (χ3v) is 4.76. The van der Waals surface area contributed by atoms with Gasteiger partial charge in [-0.15, -0.1) is 0 Å². The van der Waals surface area contributed by atoms with Gasteiger partial charge < -0.3 is 10.5 Å². The van der Waals surface area contributed by atoms with Gasteiger partial charge in [-0.3, -0.25) is 5.41 Å². The summed E-state index contributed by atoms with van der Waals surface area (Å²) < 4.78 is 19.6. The van der Waals surface area contributed by atoms with Crippen LogP contribution in [-0.4, -0.2) is 11.0 Å². The number of nitrogens with one attached hydrogen (secondary N) is 1. The van der Waals surface area contributed by atoms with Gasteiger partial charge in [-0.1, -0.05) is 72.4 Å². The Morgan fingerprint density at radius 2 is 1.64 bits per heavy atom. The summed E-state index contributed by atoms with van der Waals surface area (Å²) >= 11 is 1.12. The molecule has 0 aliphatic heterocycles. The first kappa shape index (κ1) is 19.6. The fourth-order valence-corrected chi connectivity index (χ4v) is 3.19. The number of nitrogens with two attached hydrogens (primary N) is 1. The second-order valence-electron chi connectivity index (χ2n) is 5.95. The Balaban J connectivity index is 1.66. The van der Waals surface area contributed by atoms with Gasteiger partial charge in [-0.2, -0.15) is 0 Å². The van der Waals surface area contributed by atoms with Gasteiger partial charge in [-0.25, -0.2) is 9.38 Å². The number of aliphatic imine (C=N–C) groups is 1. The zero-order valence-electron chi connectivity index (χ0n) is 15.1. The van der Waals surface area contributed by atoms with E-state index in [4.69, 9.17) is 15.9 Å². The van der Waals surface area contributed by atoms with Gasteiger partial charge in [0.2, 0.25) is 0 Å². The maximum absolute atomic E-state index is 13.7. The van der Waals surface area contributed by atoms with Crippen LogP contribution in [0.25, 0.3) is 0 Å². The summed E-state index contributed by atoms with van der Waals surface area (Å²) in [7, 11) is 0. The minimum Gasteiger partial charge on any atom is -0.488 e. The molecule has 28 heavy (non-hydrogen) atoms. The van der Waals surface area contributed by atoms with Crippen LogP contribution in [0.2, 0.25) is 0 Å². The third-order valence-electron chi connectivity index (χ3n) is 3.94. The summed E-state index contributed by atoms with van der Waals surface area (Å²) in [6.45, 7) is 0.407. The van der Waals surface area contributed by atoms with E-state index >= 15 is 0 Å². The van der Waals surface area contributed by atoms with E-state index in [9.17, 15) is 4.39 Å². The van der Waals surface area contributed by atoms with Gasteiger partial charge in [-0.05, 0) is 29.3 Å². The summed E-state index contributed by atoms with van der Waals surface area (Å²) in [5, 5.41) is 8.04. The van der Waals surface area contributed by atoms with Crippen molar-refractivity contribution in [3.8, 4) is 5.75 Å². The molecule has 3 rings (SSSR count). The first-order valence-electron chi connectivity index (χ1n) is 8.68. The van der Waals surface area contributed by atoms with Crippen LogP contribution < -0.4 is 10.5 Å². The molecule has 0 saturated carbocycles. The SMILES string of the molecule is N=C(/N=C(\N)c1ccccc1OCc1ccccc1)SCc1ccccc1F. The van der Waals surface area contributed by atoms with Gasteiger partial charge in [0.1, 0.15) is 24.0 Å². The van der Waals surface area contributed by atoms with Crippen molar-refractivity contribution in [1.29, 1.82) is 5.41 Å². The molecule has 3 aromatic rings. The number of amidine groups is 2. The summed E-state index contributed by atoms with van der Waals surface area (Å²) in [4.78, 5) is 4.15. The molecule has 0 atom stereocenters. The number of para-hydroxylation sites is 1. The summed E-state index contributed by atoms with van der Waals surface area (Å²) in [5.41, 5.74) is 8.29. The highest BCUT2D eigenvalue weighted by Gasteiger charge is 2.09. The molecule has 0 saturated heterocycles. The molecular formula is C22H20FN3OS. The Labute approximate surface area is 167 Å². The lowest BCUT2D eigenvalue weighted by molar-refractivity contribution is 0.305. The van der Waals surface area contributed by atoms with E-state index in [-0.39, 0.29) is 16.8 Å². The zero-order valence-corrected chi connectivity index (χ0v) is 16.0. The summed E-state index contributed by atoms with van der Waals surface area (Å²) in [6, 6.07) is 23.6. The maximum Gasteiger partial charge on any atom is 0.182 e. The van der Waals surface area contributed by atoms with E-state index in [1.807, 2.05) is 48.5 Å². The van der Waals surface area contributed by atoms with Crippen LogP contribution >= 0.6 is 11.8 Å². The Morgan fingerprint density at radius 3 is 2.43 bits per heavy atom. The number of hydrogen-bond donors (Lipinski definition) is 2. The van der Waals surface area contributed by atoms with E-state index in [1.165, 1.54) is 6.07 Å². The normalized spacial score (nSPS) is 11.2. The Bertz CT molecular complexity index is 976. The number of halogens is 1. The van der Waals surface area contributed by atoms with Crippen LogP contribution in [0.5, 0.6) is 5.75 Å². The third kappa shape index (κ3) is 5.44. The van der Waals surface area contributed by atoms with E-state index in [2.05, 4.69) is 4.99 Å². The molecule has 4 nitrogen and oxygen atoms in total. The van der Waals surface area contributed by atoms with Crippen LogP contribution in [0.15, 0.2) is 83.9 Å². The molecule has 3 aromatic carbocycles. The van der Waals surface area contributed by atoms with Gasteiger partial charge >= 0.3 is 0 Å². The van der Waals surface area contributed by atoms with Crippen LogP contribution in [0.3, 0.4) is 0 Å². The Morgan fingerprint density at radius 1 is 0.964 bits per heavy atom. The Hall–Kier alpha value is -3.12. The topological polar surface area (TPSA) is 71.5 Å². The van der Waals surface area contributed by atoms with Crippen molar-refractivity contribution in [1.82, 2.24) is 0 Å². The molecular weight excluding hydrogens is 373 g/mol. The van der Waals surface area contributed by atoms with Crippen molar-refractivity contribution in [2.24, 2.45) is 10.7 Å². The molecule has 3 N–H and O–H groups in total. The highest BCUT2D eigenvalue weighted by molar-refractivity contribution is 8.13. The highest BCUT2D eigenvalue weighted by Crippen LogP contribution is 2.21. The first-order chi connectivity index (χ1) is 13.6. The summed E-state index contributed by atoms with van der Waals surface area (Å²) in [5.74, 6) is 0.808. The molecule has 142 valence electrons. The van der Waals surface area contributed by atoms with E-state index in [1.54, 1.807) is 24.3 Å². The lowest BCUT2D eigenvalue weighted by atomic mass is 10.2. The molecule has 0 aromatic heterocycles. The molecule has 0 aliphatic rings. The molecule has 0 spiro atoms. The molecule has 0 bridgehead atoms. The molecule has 0 fully saturated rings. The van der Waals surface area contributed by atoms with Crippen LogP contribution in [0.4, 0.5) is 4.39 Å². The summed E-state index contributed by atoms with van der Waals surface area (Å²) in [6.07, 6.45) is 0. The molecule has 0 heterocycles. The largest absolute Gasteiger partial charge is 0.488 e. The smallest absolute Gasteiger partial charge is 0.182 e. The van der Waals surface area contributed by atoms with Crippen molar-refractivity contribution in [2.45, 2.75) is 12.4 Å². The van der Waals surface area contributed by atoms with E-state index in [0.29, 0.717) is 29.2 Å². The number of nitrogens with zero attached hydrogens (tertiary/aromatic N) is 1. The predicted octanol–water partition coefficient (Wildman–Crippen LogP) is 4.98. The number of rotatable bonds is 6. The van der Waals surface area contributed by atoms with E-state index in [0.717, 1.165) is 17.3 Å². The number of hydrogen-bond acceptors (Lipinski definition) is 3. The van der Waals surface area contributed by atoms with Crippen LogP contribution in [-0.2, 0) is 12.4 Å². The first-order valence-corrected chi connectivity index (χ1v) is 9.67. The van der Waals surface area contributed by atoms with Crippen molar-refractivity contribution in [3.63, 3.8) is 0 Å². The quantitative estimate of drug-likeness (QED) is 0.458. The second-order valence-corrected chi connectivity index (χ2v) is 6.92. The van der Waals surface area contributed by atoms with Crippen molar-refractivity contribution < 1.29 is 9.13 Å². The van der Waals surface area contributed by atoms with E-state index < -0.39 is 0 Å².